The van der Waals surface area contributed by atoms with Gasteiger partial charge in [0.05, 0.1) is 0 Å². The van der Waals surface area contributed by atoms with Crippen molar-refractivity contribution in [1.82, 2.24) is 0 Å². The average Bonchev–Trinajstić information content (AvgIpc) is 1.66. The van der Waals surface area contributed by atoms with Crippen molar-refractivity contribution in [1.29, 1.82) is 0 Å². The molecule has 0 N–H and O–H groups in total. The zero-order valence-electron chi connectivity index (χ0n) is 6.85. The van der Waals surface area contributed by atoms with Crippen LogP contribution in [-0.2, 0) is 57.2 Å². The number of hydrogen-bond acceptors (Lipinski definition) is 3. The molecular formula is C6H12O3Zr2+6. The van der Waals surface area contributed by atoms with Gasteiger partial charge in [-0.3, -0.25) is 0 Å². The van der Waals surface area contributed by atoms with Crippen LogP contribution in [-0.4, -0.2) is 12.6 Å². The van der Waals surface area contributed by atoms with Gasteiger partial charge in [-0.05, 0) is 6.92 Å². The smallest absolute Gasteiger partial charge is 0.854 e. The number of carboxylic acid groups (broad SMARTS) is 1. The zero-order chi connectivity index (χ0) is 7.70. The summed E-state index contributed by atoms with van der Waals surface area (Å²) in [5, 5.41) is 18.4. The van der Waals surface area contributed by atoms with Gasteiger partial charge in [-0.2, -0.15) is 0 Å². The number of unbranched alkanes of at least 4 members (excludes halogenated alkanes) is 1. The molecule has 0 heterocycles. The topological polar surface area (TPSA) is 63.2 Å². The van der Waals surface area contributed by atoms with Gasteiger partial charge in [0.1, 0.15) is 0 Å². The molecule has 0 aliphatic carbocycles. The Kier molecular flexibility index (Phi) is 46.5. The minimum Gasteiger partial charge on any atom is -0.854 e. The number of carboxylic acids is 1. The van der Waals surface area contributed by atoms with Crippen LogP contribution < -0.4 is 10.2 Å². The molecule has 11 heavy (non-hydrogen) atoms. The summed E-state index contributed by atoms with van der Waals surface area (Å²) in [6.45, 7) is 3.08. The fraction of sp³-hybridized carbons (Fsp3) is 0.833. The molecule has 0 radical (unpaired) electrons. The first kappa shape index (κ1) is 22.8. The Bertz CT molecular complexity index is 62.8. The minimum absolute atomic E-state index is 0. The van der Waals surface area contributed by atoms with Gasteiger partial charge in [-0.1, -0.05) is 19.8 Å². The molecular weight excluding hydrogens is 303 g/mol. The fourth-order valence-corrected chi connectivity index (χ4v) is 0.144. The molecule has 0 atom stereocenters. The van der Waals surface area contributed by atoms with E-state index in [1.165, 1.54) is 0 Å². The van der Waals surface area contributed by atoms with E-state index in [1.807, 2.05) is 6.92 Å². The van der Waals surface area contributed by atoms with Crippen molar-refractivity contribution in [3.05, 3.63) is 0 Å². The maximum Gasteiger partial charge on any atom is 4.00 e. The number of aliphatic carboxylic acids is 1. The number of carbonyl (C=O) groups excluding carboxylic acids is 1. The Balaban J connectivity index is -0.0000000383. The molecule has 3 nitrogen and oxygen atoms in total. The van der Waals surface area contributed by atoms with E-state index in [0.717, 1.165) is 19.8 Å². The van der Waals surface area contributed by atoms with Crippen molar-refractivity contribution in [2.75, 3.05) is 6.61 Å². The molecule has 0 amide bonds. The monoisotopic (exact) mass is 312 g/mol. The van der Waals surface area contributed by atoms with Gasteiger partial charge < -0.3 is 15.0 Å². The Hall–Kier alpha value is 1.20. The normalized spacial score (nSPS) is 6.09. The molecule has 0 spiro atoms. The first-order valence-corrected chi connectivity index (χ1v) is 2.90. The van der Waals surface area contributed by atoms with Gasteiger partial charge in [0.15, 0.2) is 0 Å². The summed E-state index contributed by atoms with van der Waals surface area (Å²) in [5.41, 5.74) is 0. The number of rotatable bonds is 2. The van der Waals surface area contributed by atoms with Gasteiger partial charge in [-0.15, -0.1) is 6.61 Å². The van der Waals surface area contributed by atoms with Crippen LogP contribution in [0.3, 0.4) is 0 Å². The molecule has 0 unspecified atom stereocenters. The second kappa shape index (κ2) is 22.5. The quantitative estimate of drug-likeness (QED) is 0.650. The van der Waals surface area contributed by atoms with E-state index in [4.69, 9.17) is 9.90 Å². The Morgan fingerprint density at radius 2 is 1.64 bits per heavy atom. The second-order valence-electron chi connectivity index (χ2n) is 1.55. The molecule has 56 valence electrons. The van der Waals surface area contributed by atoms with Crippen LogP contribution in [0.1, 0.15) is 26.7 Å². The van der Waals surface area contributed by atoms with Crippen molar-refractivity contribution in [2.24, 2.45) is 0 Å². The van der Waals surface area contributed by atoms with E-state index in [2.05, 4.69) is 0 Å². The van der Waals surface area contributed by atoms with Gasteiger partial charge in [0, 0.05) is 5.97 Å². The van der Waals surface area contributed by atoms with Crippen LogP contribution >= 0.6 is 0 Å². The molecule has 0 aromatic carbocycles. The summed E-state index contributed by atoms with van der Waals surface area (Å²) in [6.07, 6.45) is 1.86. The van der Waals surface area contributed by atoms with Crippen molar-refractivity contribution >= 4 is 5.97 Å². The molecule has 0 aliphatic heterocycles. The third kappa shape index (κ3) is 92.7. The van der Waals surface area contributed by atoms with Gasteiger partial charge in [0.2, 0.25) is 0 Å². The van der Waals surface area contributed by atoms with Crippen LogP contribution in [0.15, 0.2) is 0 Å². The van der Waals surface area contributed by atoms with E-state index in [1.54, 1.807) is 0 Å². The van der Waals surface area contributed by atoms with E-state index in [-0.39, 0.29) is 59.0 Å². The molecule has 5 heteroatoms. The third-order valence-corrected chi connectivity index (χ3v) is 0.498. The first-order valence-electron chi connectivity index (χ1n) is 2.90. The van der Waals surface area contributed by atoms with Gasteiger partial charge in [0.25, 0.3) is 0 Å². The van der Waals surface area contributed by atoms with E-state index in [9.17, 15) is 5.11 Å². The molecule has 0 aliphatic rings. The summed E-state index contributed by atoms with van der Waals surface area (Å²) in [4.78, 5) is 8.89. The maximum absolute atomic E-state index is 9.53. The molecule has 0 saturated carbocycles. The largest absolute Gasteiger partial charge is 4.00 e. The Morgan fingerprint density at radius 3 is 1.64 bits per heavy atom. The van der Waals surface area contributed by atoms with E-state index in [0.29, 0.717) is 0 Å². The second-order valence-corrected chi connectivity index (χ2v) is 1.55. The summed E-state index contributed by atoms with van der Waals surface area (Å²) >= 11 is 0. The van der Waals surface area contributed by atoms with Crippen molar-refractivity contribution in [2.45, 2.75) is 26.7 Å². The molecule has 0 aromatic heterocycles. The van der Waals surface area contributed by atoms with E-state index < -0.39 is 5.97 Å². The van der Waals surface area contributed by atoms with Crippen molar-refractivity contribution in [3.8, 4) is 0 Å². The van der Waals surface area contributed by atoms with Gasteiger partial charge in [-0.25, -0.2) is 0 Å². The third-order valence-electron chi connectivity index (χ3n) is 0.498. The van der Waals surface area contributed by atoms with Crippen LogP contribution in [0.4, 0.5) is 0 Å². The summed E-state index contributed by atoms with van der Waals surface area (Å²) < 4.78 is 0. The first-order chi connectivity index (χ1) is 4.15. The van der Waals surface area contributed by atoms with Crippen molar-refractivity contribution < 1.29 is 67.4 Å². The molecule has 0 rings (SSSR count). The summed E-state index contributed by atoms with van der Waals surface area (Å²) in [5.74, 6) is -1.08. The predicted octanol–water partition coefficient (Wildman–Crippen LogP) is -1.10. The standard InChI is InChI=1S/C4H9O.C2H4O2.2Zr/c1-2-3-4-5;1-2(3)4;;/h2-4H2,1H3;1H3,(H,3,4);;/q-1;;2*+4/p-1. The summed E-state index contributed by atoms with van der Waals surface area (Å²) in [7, 11) is 0. The number of carbonyl (C=O) groups is 1. The molecule has 0 bridgehead atoms. The van der Waals surface area contributed by atoms with Crippen molar-refractivity contribution in [3.63, 3.8) is 0 Å². The van der Waals surface area contributed by atoms with Crippen LogP contribution in [0.2, 0.25) is 0 Å². The summed E-state index contributed by atoms with van der Waals surface area (Å²) in [6, 6.07) is 0. The maximum atomic E-state index is 9.53. The fourth-order valence-electron chi connectivity index (χ4n) is 0.144. The molecule has 0 saturated heterocycles. The Labute approximate surface area is 106 Å². The molecule has 0 aromatic rings. The van der Waals surface area contributed by atoms with E-state index >= 15 is 0 Å². The van der Waals surface area contributed by atoms with Crippen LogP contribution in [0.5, 0.6) is 0 Å². The minimum atomic E-state index is -1.08. The van der Waals surface area contributed by atoms with Gasteiger partial charge >= 0.3 is 52.4 Å². The SMILES string of the molecule is CC(=O)[O-].CCCC[O-].[Zr+4].[Zr+4]. The Morgan fingerprint density at radius 1 is 1.36 bits per heavy atom. The predicted molar refractivity (Wildman–Crippen MR) is 30.5 cm³/mol. The van der Waals surface area contributed by atoms with Crippen LogP contribution in [0.25, 0.3) is 0 Å². The zero-order valence-corrected chi connectivity index (χ0v) is 11.8. The molecule has 0 fully saturated rings. The number of hydrogen-bond donors (Lipinski definition) is 0. The average molecular weight is 315 g/mol. The van der Waals surface area contributed by atoms with Crippen LogP contribution in [0, 0.1) is 0 Å².